The summed E-state index contributed by atoms with van der Waals surface area (Å²) in [6, 6.07) is 11.7. The molecular weight excluding hydrogens is 250 g/mol. The van der Waals surface area contributed by atoms with E-state index < -0.39 is 0 Å². The summed E-state index contributed by atoms with van der Waals surface area (Å²) < 4.78 is 0. The minimum Gasteiger partial charge on any atom is -0.379 e. The van der Waals surface area contributed by atoms with E-state index >= 15 is 0 Å². The van der Waals surface area contributed by atoms with Crippen molar-refractivity contribution < 1.29 is 4.79 Å². The number of benzene rings is 1. The lowest BCUT2D eigenvalue weighted by Gasteiger charge is -2.09. The molecule has 1 aromatic heterocycles. The molecule has 0 bridgehead atoms. The fourth-order valence-corrected chi connectivity index (χ4v) is 1.75. The Bertz CT molecular complexity index is 579. The van der Waals surface area contributed by atoms with Gasteiger partial charge in [-0.15, -0.1) is 0 Å². The average molecular weight is 269 g/mol. The molecule has 1 heterocycles. The van der Waals surface area contributed by atoms with E-state index in [1.807, 2.05) is 56.4 Å². The minimum absolute atomic E-state index is 0.0161. The van der Waals surface area contributed by atoms with Crippen LogP contribution in [-0.2, 0) is 11.3 Å². The van der Waals surface area contributed by atoms with Gasteiger partial charge in [0.05, 0.1) is 12.2 Å². The largest absolute Gasteiger partial charge is 0.379 e. The first-order chi connectivity index (χ1) is 9.67. The number of carbonyl (C=O) groups is 1. The van der Waals surface area contributed by atoms with Crippen molar-refractivity contribution in [3.05, 3.63) is 53.9 Å². The molecule has 2 aromatic rings. The summed E-state index contributed by atoms with van der Waals surface area (Å²) >= 11 is 0. The van der Waals surface area contributed by atoms with Crippen LogP contribution in [0.5, 0.6) is 0 Å². The Hall–Kier alpha value is -2.36. The third kappa shape index (κ3) is 4.09. The summed E-state index contributed by atoms with van der Waals surface area (Å²) in [4.78, 5) is 15.7. The van der Waals surface area contributed by atoms with Gasteiger partial charge in [0.1, 0.15) is 0 Å². The van der Waals surface area contributed by atoms with Gasteiger partial charge < -0.3 is 10.6 Å². The van der Waals surface area contributed by atoms with E-state index in [2.05, 4.69) is 15.6 Å². The molecule has 0 saturated heterocycles. The van der Waals surface area contributed by atoms with E-state index in [9.17, 15) is 4.79 Å². The zero-order chi connectivity index (χ0) is 14.4. The highest BCUT2D eigenvalue weighted by Gasteiger charge is 2.00. The molecule has 104 valence electrons. The molecule has 1 aromatic carbocycles. The molecule has 0 aliphatic heterocycles. The third-order valence-electron chi connectivity index (χ3n) is 2.91. The van der Waals surface area contributed by atoms with Crippen LogP contribution < -0.4 is 10.6 Å². The molecule has 0 aliphatic rings. The van der Waals surface area contributed by atoms with E-state index in [-0.39, 0.29) is 5.91 Å². The molecule has 0 saturated carbocycles. The first-order valence-corrected chi connectivity index (χ1v) is 6.72. The van der Waals surface area contributed by atoms with Gasteiger partial charge in [-0.1, -0.05) is 19.1 Å². The van der Waals surface area contributed by atoms with Crippen molar-refractivity contribution in [3.8, 4) is 0 Å². The SMILES string of the molecule is CCC(=O)Nc1cccc(NCc2ccc(C)cn2)c1. The van der Waals surface area contributed by atoms with Crippen molar-refractivity contribution in [2.45, 2.75) is 26.8 Å². The standard InChI is InChI=1S/C16H19N3O/c1-3-16(20)19-14-6-4-5-13(9-14)18-11-15-8-7-12(2)10-17-15/h4-10,18H,3,11H2,1-2H3,(H,19,20). The second-order valence-electron chi connectivity index (χ2n) is 4.66. The first kappa shape index (κ1) is 14.1. The summed E-state index contributed by atoms with van der Waals surface area (Å²) in [6.45, 7) is 4.51. The molecule has 0 aliphatic carbocycles. The van der Waals surface area contributed by atoms with Crippen molar-refractivity contribution in [2.75, 3.05) is 10.6 Å². The number of pyridine rings is 1. The van der Waals surface area contributed by atoms with Crippen molar-refractivity contribution in [2.24, 2.45) is 0 Å². The van der Waals surface area contributed by atoms with Crippen LogP contribution in [0.2, 0.25) is 0 Å². The Balaban J connectivity index is 1.97. The van der Waals surface area contributed by atoms with E-state index in [4.69, 9.17) is 0 Å². The van der Waals surface area contributed by atoms with Crippen LogP contribution in [0, 0.1) is 6.92 Å². The number of hydrogen-bond donors (Lipinski definition) is 2. The molecule has 2 rings (SSSR count). The van der Waals surface area contributed by atoms with Gasteiger partial charge in [-0.2, -0.15) is 0 Å². The highest BCUT2D eigenvalue weighted by Crippen LogP contribution is 2.16. The lowest BCUT2D eigenvalue weighted by Crippen LogP contribution is -2.09. The Morgan fingerprint density at radius 1 is 1.20 bits per heavy atom. The predicted octanol–water partition coefficient (Wildman–Crippen LogP) is 3.35. The number of anilines is 2. The fraction of sp³-hybridized carbons (Fsp3) is 0.250. The van der Waals surface area contributed by atoms with Crippen LogP contribution in [0.4, 0.5) is 11.4 Å². The van der Waals surface area contributed by atoms with Crippen LogP contribution in [0.15, 0.2) is 42.6 Å². The number of amides is 1. The van der Waals surface area contributed by atoms with Gasteiger partial charge in [0, 0.05) is 24.0 Å². The Morgan fingerprint density at radius 3 is 2.70 bits per heavy atom. The average Bonchev–Trinajstić information content (AvgIpc) is 2.47. The molecule has 2 N–H and O–H groups in total. The zero-order valence-corrected chi connectivity index (χ0v) is 11.8. The van der Waals surface area contributed by atoms with Gasteiger partial charge in [-0.05, 0) is 36.8 Å². The quantitative estimate of drug-likeness (QED) is 0.875. The second kappa shape index (κ2) is 6.70. The van der Waals surface area contributed by atoms with Crippen LogP contribution >= 0.6 is 0 Å². The van der Waals surface area contributed by atoms with E-state index in [1.165, 1.54) is 0 Å². The smallest absolute Gasteiger partial charge is 0.224 e. The molecule has 0 fully saturated rings. The molecule has 4 nitrogen and oxygen atoms in total. The van der Waals surface area contributed by atoms with Crippen molar-refractivity contribution in [3.63, 3.8) is 0 Å². The maximum absolute atomic E-state index is 11.4. The molecule has 0 unspecified atom stereocenters. The highest BCUT2D eigenvalue weighted by atomic mass is 16.1. The maximum Gasteiger partial charge on any atom is 0.224 e. The van der Waals surface area contributed by atoms with Crippen LogP contribution in [-0.4, -0.2) is 10.9 Å². The van der Waals surface area contributed by atoms with E-state index in [1.54, 1.807) is 0 Å². The number of nitrogens with one attached hydrogen (secondary N) is 2. The molecule has 1 amide bonds. The van der Waals surface area contributed by atoms with Crippen LogP contribution in [0.1, 0.15) is 24.6 Å². The molecular formula is C16H19N3O. The Kier molecular flexibility index (Phi) is 4.71. The van der Waals surface area contributed by atoms with Crippen LogP contribution in [0.25, 0.3) is 0 Å². The number of nitrogens with zero attached hydrogens (tertiary/aromatic N) is 1. The number of aryl methyl sites for hydroxylation is 1. The van der Waals surface area contributed by atoms with Gasteiger partial charge in [-0.3, -0.25) is 9.78 Å². The summed E-state index contributed by atoms with van der Waals surface area (Å²) in [5.74, 6) is 0.0161. The molecule has 0 spiro atoms. The Morgan fingerprint density at radius 2 is 2.00 bits per heavy atom. The normalized spacial score (nSPS) is 10.1. The van der Waals surface area contributed by atoms with Gasteiger partial charge in [-0.25, -0.2) is 0 Å². The molecule has 0 atom stereocenters. The summed E-state index contributed by atoms with van der Waals surface area (Å²) in [7, 11) is 0. The number of aromatic nitrogens is 1. The van der Waals surface area contributed by atoms with Crippen LogP contribution in [0.3, 0.4) is 0 Å². The topological polar surface area (TPSA) is 54.0 Å². The fourth-order valence-electron chi connectivity index (χ4n) is 1.75. The van der Waals surface area contributed by atoms with Crippen molar-refractivity contribution in [1.29, 1.82) is 0 Å². The van der Waals surface area contributed by atoms with Gasteiger partial charge in [0.2, 0.25) is 5.91 Å². The summed E-state index contributed by atoms with van der Waals surface area (Å²) in [6.07, 6.45) is 2.33. The van der Waals surface area contributed by atoms with Gasteiger partial charge >= 0.3 is 0 Å². The predicted molar refractivity (Wildman–Crippen MR) is 81.7 cm³/mol. The molecule has 0 radical (unpaired) electrons. The monoisotopic (exact) mass is 269 g/mol. The number of carbonyl (C=O) groups excluding carboxylic acids is 1. The van der Waals surface area contributed by atoms with E-state index in [0.29, 0.717) is 13.0 Å². The maximum atomic E-state index is 11.4. The lowest BCUT2D eigenvalue weighted by atomic mass is 10.2. The van der Waals surface area contributed by atoms with Gasteiger partial charge in [0.25, 0.3) is 0 Å². The minimum atomic E-state index is 0.0161. The Labute approximate surface area is 119 Å². The molecule has 20 heavy (non-hydrogen) atoms. The van der Waals surface area contributed by atoms with Crippen molar-refractivity contribution >= 4 is 17.3 Å². The second-order valence-corrected chi connectivity index (χ2v) is 4.66. The van der Waals surface area contributed by atoms with Crippen molar-refractivity contribution in [1.82, 2.24) is 4.98 Å². The summed E-state index contributed by atoms with van der Waals surface area (Å²) in [5, 5.41) is 6.14. The van der Waals surface area contributed by atoms with Gasteiger partial charge in [0.15, 0.2) is 0 Å². The third-order valence-corrected chi connectivity index (χ3v) is 2.91. The van der Waals surface area contributed by atoms with E-state index in [0.717, 1.165) is 22.6 Å². The first-order valence-electron chi connectivity index (χ1n) is 6.72. The lowest BCUT2D eigenvalue weighted by molar-refractivity contribution is -0.115. The number of rotatable bonds is 5. The summed E-state index contributed by atoms with van der Waals surface area (Å²) in [5.41, 5.74) is 3.90. The highest BCUT2D eigenvalue weighted by molar-refractivity contribution is 5.90. The zero-order valence-electron chi connectivity index (χ0n) is 11.8. The number of hydrogen-bond acceptors (Lipinski definition) is 3. The molecule has 4 heteroatoms.